The van der Waals surface area contributed by atoms with Crippen molar-refractivity contribution in [2.24, 2.45) is 0 Å². The van der Waals surface area contributed by atoms with E-state index in [4.69, 9.17) is 9.05 Å². The normalized spacial score (nSPS) is 14.6. The molecule has 0 aromatic carbocycles. The van der Waals surface area contributed by atoms with E-state index in [1.807, 2.05) is 27.2 Å². The van der Waals surface area contributed by atoms with Crippen LogP contribution in [0.5, 0.6) is 0 Å². The quantitative estimate of drug-likeness (QED) is 0.0247. The Balaban J connectivity index is 4.43. The van der Waals surface area contributed by atoms with Gasteiger partial charge >= 0.3 is 7.82 Å². The third kappa shape index (κ3) is 39.2. The first kappa shape index (κ1) is 53.0. The van der Waals surface area contributed by atoms with Crippen LogP contribution in [-0.4, -0.2) is 73.4 Å². The van der Waals surface area contributed by atoms with Crippen molar-refractivity contribution in [2.75, 3.05) is 40.9 Å². The Kier molecular flexibility index (Phi) is 36.8. The van der Waals surface area contributed by atoms with Gasteiger partial charge in [-0.1, -0.05) is 192 Å². The number of aliphatic hydroxyl groups excluding tert-OH is 1. The lowest BCUT2D eigenvalue weighted by Gasteiger charge is -2.25. The Bertz CT molecular complexity index is 938. The molecule has 0 aromatic heterocycles. The molecule has 1 unspecified atom stereocenters. The maximum Gasteiger partial charge on any atom is 0.472 e. The van der Waals surface area contributed by atoms with Crippen molar-refractivity contribution in [1.82, 2.24) is 5.32 Å². The van der Waals surface area contributed by atoms with E-state index in [-0.39, 0.29) is 19.1 Å². The summed E-state index contributed by atoms with van der Waals surface area (Å²) in [5, 5.41) is 13.8. The average molecular weight is 786 g/mol. The lowest BCUT2D eigenvalue weighted by atomic mass is 10.0. The molecule has 1 amide bonds. The van der Waals surface area contributed by atoms with Crippen LogP contribution in [0.3, 0.4) is 0 Å². The maximum absolute atomic E-state index is 12.9. The molecule has 9 heteroatoms. The van der Waals surface area contributed by atoms with Gasteiger partial charge in [0.25, 0.3) is 0 Å². The van der Waals surface area contributed by atoms with Gasteiger partial charge in [0.15, 0.2) is 0 Å². The molecule has 0 rings (SSSR count). The van der Waals surface area contributed by atoms with Gasteiger partial charge in [-0.3, -0.25) is 13.8 Å². The number of nitrogens with zero attached hydrogens (tertiary/aromatic N) is 1. The fourth-order valence-electron chi connectivity index (χ4n) is 6.53. The molecule has 3 atom stereocenters. The predicted octanol–water partition coefficient (Wildman–Crippen LogP) is 12.5. The van der Waals surface area contributed by atoms with Crippen molar-refractivity contribution >= 4 is 13.7 Å². The molecule has 0 heterocycles. The van der Waals surface area contributed by atoms with E-state index in [0.717, 1.165) is 38.5 Å². The predicted molar refractivity (Wildman–Crippen MR) is 231 cm³/mol. The first-order chi connectivity index (χ1) is 26.0. The van der Waals surface area contributed by atoms with Crippen molar-refractivity contribution in [3.05, 3.63) is 24.3 Å². The Morgan fingerprint density at radius 2 is 1.02 bits per heavy atom. The fourth-order valence-corrected chi connectivity index (χ4v) is 7.26. The maximum atomic E-state index is 12.9. The molecule has 0 radical (unpaired) electrons. The molecule has 0 spiro atoms. The largest absolute Gasteiger partial charge is 0.472 e. The molecular weight excluding hydrogens is 695 g/mol. The first-order valence-corrected chi connectivity index (χ1v) is 24.2. The molecule has 0 fully saturated rings. The minimum Gasteiger partial charge on any atom is -0.387 e. The number of phosphoric ester groups is 1. The van der Waals surface area contributed by atoms with Gasteiger partial charge in [-0.05, 0) is 32.1 Å². The van der Waals surface area contributed by atoms with Crippen molar-refractivity contribution in [1.29, 1.82) is 0 Å². The smallest absolute Gasteiger partial charge is 0.387 e. The molecule has 0 bridgehead atoms. The van der Waals surface area contributed by atoms with Crippen molar-refractivity contribution < 1.29 is 32.9 Å². The number of amides is 1. The molecule has 54 heavy (non-hydrogen) atoms. The molecule has 3 N–H and O–H groups in total. The molecule has 0 aliphatic carbocycles. The Hall–Kier alpha value is -1.02. The zero-order valence-electron chi connectivity index (χ0n) is 36.2. The molecule has 0 aromatic rings. The van der Waals surface area contributed by atoms with Gasteiger partial charge in [-0.15, -0.1) is 0 Å². The summed E-state index contributed by atoms with van der Waals surface area (Å²) in [5.41, 5.74) is 0. The molecule has 0 saturated carbocycles. The second-order valence-corrected chi connectivity index (χ2v) is 18.2. The topological polar surface area (TPSA) is 105 Å². The zero-order chi connectivity index (χ0) is 40.0. The summed E-state index contributed by atoms with van der Waals surface area (Å²) >= 11 is 0. The SMILES string of the molecule is CCCCCCCCCCC/C=C/CC/C=C/[C@@H](O)[C@H](COP(=O)(O)OCC[N+](C)(C)C)NC(=O)CCCCCCCCCCCCCCCCCCC. The molecular formula is C45H90N2O6P+. The molecule has 0 saturated heterocycles. The second-order valence-electron chi connectivity index (χ2n) is 16.8. The number of hydrogen-bond acceptors (Lipinski definition) is 5. The van der Waals surface area contributed by atoms with E-state index in [1.54, 1.807) is 6.08 Å². The standard InChI is InChI=1S/C45H89N2O6P/c1-6-8-10-12-14-16-18-20-22-23-25-27-29-31-33-35-37-39-45(49)46-43(42-53-54(50,51)52-41-40-47(3,4)5)44(48)38-36-34-32-30-28-26-24-21-19-17-15-13-11-9-7-2/h28,30,36,38,43-44,48H,6-27,29,31-35,37,39-42H2,1-5H3,(H-,46,49,50,51)/p+1/b30-28+,38-36+/t43-,44+/m0/s1. The monoisotopic (exact) mass is 786 g/mol. The lowest BCUT2D eigenvalue weighted by Crippen LogP contribution is -2.45. The van der Waals surface area contributed by atoms with Crippen LogP contribution in [0.2, 0.25) is 0 Å². The summed E-state index contributed by atoms with van der Waals surface area (Å²) in [5.74, 6) is -0.185. The number of allylic oxidation sites excluding steroid dienone is 3. The molecule has 320 valence electrons. The number of likely N-dealkylation sites (N-methyl/N-ethyl adjacent to an activating group) is 1. The van der Waals surface area contributed by atoms with Gasteiger partial charge in [0.2, 0.25) is 5.91 Å². The van der Waals surface area contributed by atoms with Gasteiger partial charge in [0.1, 0.15) is 13.2 Å². The van der Waals surface area contributed by atoms with Crippen molar-refractivity contribution in [2.45, 2.75) is 219 Å². The average Bonchev–Trinajstić information content (AvgIpc) is 3.12. The van der Waals surface area contributed by atoms with Gasteiger partial charge < -0.3 is 19.8 Å². The van der Waals surface area contributed by atoms with Crippen molar-refractivity contribution in [3.63, 3.8) is 0 Å². The van der Waals surface area contributed by atoms with E-state index in [1.165, 1.54) is 148 Å². The van der Waals surface area contributed by atoms with Gasteiger partial charge in [-0.25, -0.2) is 4.57 Å². The zero-order valence-corrected chi connectivity index (χ0v) is 37.1. The summed E-state index contributed by atoms with van der Waals surface area (Å²) in [7, 11) is 1.56. The van der Waals surface area contributed by atoms with Gasteiger partial charge in [0.05, 0.1) is 39.9 Å². The number of nitrogens with one attached hydrogen (secondary N) is 1. The number of rotatable bonds is 41. The van der Waals surface area contributed by atoms with Gasteiger partial charge in [-0.2, -0.15) is 0 Å². The third-order valence-corrected chi connectivity index (χ3v) is 11.2. The summed E-state index contributed by atoms with van der Waals surface area (Å²) in [6.45, 7) is 4.80. The number of hydrogen-bond donors (Lipinski definition) is 3. The van der Waals surface area contributed by atoms with E-state index >= 15 is 0 Å². The Labute approximate surface area is 334 Å². The van der Waals surface area contributed by atoms with E-state index in [2.05, 4.69) is 31.3 Å². The third-order valence-electron chi connectivity index (χ3n) is 10.2. The number of quaternary nitrogens is 1. The molecule has 0 aliphatic rings. The number of carbonyl (C=O) groups excluding carboxylic acids is 1. The number of aliphatic hydroxyl groups is 1. The molecule has 0 aliphatic heterocycles. The number of unbranched alkanes of at least 4 members (excludes halogenated alkanes) is 26. The second kappa shape index (κ2) is 37.6. The highest BCUT2D eigenvalue weighted by molar-refractivity contribution is 7.47. The highest BCUT2D eigenvalue weighted by atomic mass is 31.2. The van der Waals surface area contributed by atoms with Crippen LogP contribution in [0.4, 0.5) is 0 Å². The van der Waals surface area contributed by atoms with E-state index < -0.39 is 20.0 Å². The van der Waals surface area contributed by atoms with Crippen LogP contribution >= 0.6 is 7.82 Å². The van der Waals surface area contributed by atoms with Crippen LogP contribution in [0.1, 0.15) is 206 Å². The van der Waals surface area contributed by atoms with E-state index in [0.29, 0.717) is 17.4 Å². The molecule has 8 nitrogen and oxygen atoms in total. The van der Waals surface area contributed by atoms with Crippen LogP contribution in [0, 0.1) is 0 Å². The minimum atomic E-state index is -4.34. The summed E-state index contributed by atoms with van der Waals surface area (Å²) in [6.07, 6.45) is 43.9. The van der Waals surface area contributed by atoms with Crippen LogP contribution in [-0.2, 0) is 18.4 Å². The van der Waals surface area contributed by atoms with Crippen LogP contribution in [0.25, 0.3) is 0 Å². The highest BCUT2D eigenvalue weighted by Gasteiger charge is 2.27. The van der Waals surface area contributed by atoms with Crippen LogP contribution in [0.15, 0.2) is 24.3 Å². The fraction of sp³-hybridized carbons (Fsp3) is 0.889. The van der Waals surface area contributed by atoms with Crippen LogP contribution < -0.4 is 5.32 Å². The Morgan fingerprint density at radius 3 is 1.48 bits per heavy atom. The minimum absolute atomic E-state index is 0.0582. The summed E-state index contributed by atoms with van der Waals surface area (Å²) < 4.78 is 23.5. The summed E-state index contributed by atoms with van der Waals surface area (Å²) in [6, 6.07) is -0.857. The van der Waals surface area contributed by atoms with Crippen molar-refractivity contribution in [3.8, 4) is 0 Å². The highest BCUT2D eigenvalue weighted by Crippen LogP contribution is 2.43. The Morgan fingerprint density at radius 1 is 0.611 bits per heavy atom. The number of phosphoric acid groups is 1. The van der Waals surface area contributed by atoms with Gasteiger partial charge in [0, 0.05) is 6.42 Å². The first-order valence-electron chi connectivity index (χ1n) is 22.7. The summed E-state index contributed by atoms with van der Waals surface area (Å²) in [4.78, 5) is 23.1. The number of carbonyl (C=O) groups is 1. The van der Waals surface area contributed by atoms with E-state index in [9.17, 15) is 19.4 Å². The lowest BCUT2D eigenvalue weighted by molar-refractivity contribution is -0.870.